The molecule has 0 fully saturated rings. The van der Waals surface area contributed by atoms with Gasteiger partial charge in [-0.2, -0.15) is 16.4 Å². The van der Waals surface area contributed by atoms with Crippen molar-refractivity contribution in [1.82, 2.24) is 15.2 Å². The molecule has 0 aromatic carbocycles. The van der Waals surface area contributed by atoms with E-state index in [1.165, 1.54) is 5.56 Å². The molecule has 0 spiro atoms. The molecule has 4 nitrogen and oxygen atoms in total. The van der Waals surface area contributed by atoms with Crippen molar-refractivity contribution in [3.63, 3.8) is 0 Å². The van der Waals surface area contributed by atoms with E-state index >= 15 is 0 Å². The van der Waals surface area contributed by atoms with E-state index < -0.39 is 0 Å². The van der Waals surface area contributed by atoms with Crippen LogP contribution in [-0.4, -0.2) is 9.78 Å². The fourth-order valence-corrected chi connectivity index (χ4v) is 2.61. The van der Waals surface area contributed by atoms with Crippen LogP contribution in [0.1, 0.15) is 30.6 Å². The molecule has 0 aliphatic rings. The van der Waals surface area contributed by atoms with Crippen molar-refractivity contribution in [2.24, 2.45) is 5.84 Å². The second kappa shape index (κ2) is 5.95. The second-order valence-electron chi connectivity index (χ2n) is 4.03. The van der Waals surface area contributed by atoms with Crippen molar-refractivity contribution in [2.75, 3.05) is 0 Å². The van der Waals surface area contributed by atoms with Gasteiger partial charge in [0, 0.05) is 12.7 Å². The number of nitrogens with zero attached hydrogens (tertiary/aromatic N) is 2. The van der Waals surface area contributed by atoms with E-state index in [2.05, 4.69) is 34.3 Å². The third-order valence-electron chi connectivity index (χ3n) is 2.76. The molecule has 2 heterocycles. The Labute approximate surface area is 105 Å². The van der Waals surface area contributed by atoms with Crippen LogP contribution in [0.15, 0.2) is 29.1 Å². The number of rotatable bonds is 6. The minimum atomic E-state index is 0.124. The van der Waals surface area contributed by atoms with E-state index in [-0.39, 0.29) is 6.04 Å². The fourth-order valence-electron chi connectivity index (χ4n) is 1.93. The number of hydrogen-bond acceptors (Lipinski definition) is 4. The summed E-state index contributed by atoms with van der Waals surface area (Å²) in [6.45, 7) is 3.08. The molecule has 2 aromatic heterocycles. The van der Waals surface area contributed by atoms with Crippen LogP contribution < -0.4 is 11.3 Å². The highest BCUT2D eigenvalue weighted by molar-refractivity contribution is 7.07. The molecule has 5 heteroatoms. The van der Waals surface area contributed by atoms with Crippen molar-refractivity contribution < 1.29 is 0 Å². The third-order valence-corrected chi connectivity index (χ3v) is 3.49. The molecular weight excluding hydrogens is 232 g/mol. The van der Waals surface area contributed by atoms with Crippen LogP contribution in [0, 0.1) is 0 Å². The Morgan fingerprint density at radius 1 is 1.53 bits per heavy atom. The zero-order valence-corrected chi connectivity index (χ0v) is 10.8. The molecule has 0 amide bonds. The maximum absolute atomic E-state index is 5.66. The lowest BCUT2D eigenvalue weighted by Crippen LogP contribution is -2.31. The topological polar surface area (TPSA) is 55.9 Å². The second-order valence-corrected chi connectivity index (χ2v) is 4.81. The first-order chi connectivity index (χ1) is 8.35. The van der Waals surface area contributed by atoms with Crippen LogP contribution in [0.3, 0.4) is 0 Å². The van der Waals surface area contributed by atoms with Gasteiger partial charge in [0.15, 0.2) is 0 Å². The van der Waals surface area contributed by atoms with Crippen molar-refractivity contribution in [2.45, 2.75) is 32.4 Å². The molecule has 0 saturated carbocycles. The standard InChI is InChI=1S/C12H18N4S/c1-2-6-16-12(3-5-14-16)11(15-13)8-10-4-7-17-9-10/h3-5,7,9,11,15H,2,6,8,13H2,1H3. The van der Waals surface area contributed by atoms with Gasteiger partial charge in [-0.25, -0.2) is 0 Å². The van der Waals surface area contributed by atoms with Crippen LogP contribution in [-0.2, 0) is 13.0 Å². The highest BCUT2D eigenvalue weighted by Crippen LogP contribution is 2.19. The highest BCUT2D eigenvalue weighted by atomic mass is 32.1. The zero-order valence-electron chi connectivity index (χ0n) is 9.97. The van der Waals surface area contributed by atoms with E-state index in [1.54, 1.807) is 11.3 Å². The van der Waals surface area contributed by atoms with Crippen molar-refractivity contribution in [3.8, 4) is 0 Å². The number of hydrazine groups is 1. The molecule has 2 aromatic rings. The summed E-state index contributed by atoms with van der Waals surface area (Å²) in [5.41, 5.74) is 5.35. The summed E-state index contributed by atoms with van der Waals surface area (Å²) in [4.78, 5) is 0. The van der Waals surface area contributed by atoms with Gasteiger partial charge in [0.2, 0.25) is 0 Å². The van der Waals surface area contributed by atoms with E-state index in [9.17, 15) is 0 Å². The van der Waals surface area contributed by atoms with Gasteiger partial charge in [-0.1, -0.05) is 6.92 Å². The molecule has 0 saturated heterocycles. The minimum Gasteiger partial charge on any atom is -0.271 e. The highest BCUT2D eigenvalue weighted by Gasteiger charge is 2.15. The van der Waals surface area contributed by atoms with Crippen molar-refractivity contribution >= 4 is 11.3 Å². The first kappa shape index (κ1) is 12.3. The zero-order chi connectivity index (χ0) is 12.1. The van der Waals surface area contributed by atoms with Gasteiger partial charge in [-0.3, -0.25) is 16.0 Å². The van der Waals surface area contributed by atoms with Gasteiger partial charge in [0.05, 0.1) is 11.7 Å². The van der Waals surface area contributed by atoms with Crippen molar-refractivity contribution in [3.05, 3.63) is 40.3 Å². The van der Waals surface area contributed by atoms with Crippen LogP contribution in [0.2, 0.25) is 0 Å². The lowest BCUT2D eigenvalue weighted by molar-refractivity contribution is 0.478. The van der Waals surface area contributed by atoms with Crippen LogP contribution in [0.5, 0.6) is 0 Å². The van der Waals surface area contributed by atoms with E-state index in [0.29, 0.717) is 0 Å². The number of hydrogen-bond donors (Lipinski definition) is 2. The Hall–Kier alpha value is -1.17. The van der Waals surface area contributed by atoms with E-state index in [4.69, 9.17) is 5.84 Å². The Balaban J connectivity index is 2.14. The number of aryl methyl sites for hydroxylation is 1. The normalized spacial score (nSPS) is 12.8. The summed E-state index contributed by atoms with van der Waals surface area (Å²) >= 11 is 1.71. The maximum atomic E-state index is 5.66. The van der Waals surface area contributed by atoms with E-state index in [0.717, 1.165) is 25.1 Å². The number of nitrogens with one attached hydrogen (secondary N) is 1. The monoisotopic (exact) mass is 250 g/mol. The van der Waals surface area contributed by atoms with Gasteiger partial charge in [-0.05, 0) is 41.3 Å². The van der Waals surface area contributed by atoms with Crippen LogP contribution in [0.4, 0.5) is 0 Å². The van der Waals surface area contributed by atoms with Gasteiger partial charge in [0.1, 0.15) is 0 Å². The predicted molar refractivity (Wildman–Crippen MR) is 70.6 cm³/mol. The largest absolute Gasteiger partial charge is 0.271 e. The molecule has 1 unspecified atom stereocenters. The number of thiophene rings is 1. The Morgan fingerprint density at radius 3 is 3.06 bits per heavy atom. The van der Waals surface area contributed by atoms with Gasteiger partial charge in [-0.15, -0.1) is 0 Å². The summed E-state index contributed by atoms with van der Waals surface area (Å²) < 4.78 is 2.02. The molecule has 0 aliphatic heterocycles. The average molecular weight is 250 g/mol. The SMILES string of the molecule is CCCn1nccc1C(Cc1ccsc1)NN. The third kappa shape index (κ3) is 2.94. The summed E-state index contributed by atoms with van der Waals surface area (Å²) in [5, 5.41) is 8.57. The predicted octanol–water partition coefficient (Wildman–Crippen LogP) is 2.10. The molecule has 92 valence electrons. The quantitative estimate of drug-likeness (QED) is 0.610. The molecule has 2 rings (SSSR count). The van der Waals surface area contributed by atoms with Gasteiger partial charge < -0.3 is 0 Å². The smallest absolute Gasteiger partial charge is 0.0669 e. The summed E-state index contributed by atoms with van der Waals surface area (Å²) in [6, 6.07) is 4.29. The molecule has 0 aliphatic carbocycles. The van der Waals surface area contributed by atoms with Gasteiger partial charge >= 0.3 is 0 Å². The molecular formula is C12H18N4S. The molecule has 3 N–H and O–H groups in total. The summed E-state index contributed by atoms with van der Waals surface area (Å²) in [5.74, 6) is 5.66. The van der Waals surface area contributed by atoms with Crippen molar-refractivity contribution in [1.29, 1.82) is 0 Å². The lowest BCUT2D eigenvalue weighted by Gasteiger charge is -2.17. The summed E-state index contributed by atoms with van der Waals surface area (Å²) in [7, 11) is 0. The first-order valence-corrected chi connectivity index (χ1v) is 6.78. The molecule has 0 bridgehead atoms. The average Bonchev–Trinajstić information content (AvgIpc) is 2.97. The maximum Gasteiger partial charge on any atom is 0.0669 e. The molecule has 0 radical (unpaired) electrons. The molecule has 17 heavy (non-hydrogen) atoms. The van der Waals surface area contributed by atoms with E-state index in [1.807, 2.05) is 16.9 Å². The number of aromatic nitrogens is 2. The van der Waals surface area contributed by atoms with Crippen LogP contribution >= 0.6 is 11.3 Å². The summed E-state index contributed by atoms with van der Waals surface area (Å²) in [6.07, 6.45) is 3.81. The Morgan fingerprint density at radius 2 is 2.41 bits per heavy atom. The lowest BCUT2D eigenvalue weighted by atomic mass is 10.1. The fraction of sp³-hybridized carbons (Fsp3) is 0.417. The first-order valence-electron chi connectivity index (χ1n) is 5.84. The molecule has 1 atom stereocenters. The minimum absolute atomic E-state index is 0.124. The Bertz CT molecular complexity index is 435. The Kier molecular flexibility index (Phi) is 4.30. The van der Waals surface area contributed by atoms with Gasteiger partial charge in [0.25, 0.3) is 0 Å². The van der Waals surface area contributed by atoms with Crippen LogP contribution in [0.25, 0.3) is 0 Å². The number of nitrogens with two attached hydrogens (primary N) is 1.